The van der Waals surface area contributed by atoms with Gasteiger partial charge in [-0.05, 0) is 13.3 Å². The van der Waals surface area contributed by atoms with Crippen LogP contribution in [0.1, 0.15) is 20.3 Å². The van der Waals surface area contributed by atoms with Gasteiger partial charge in [-0.25, -0.2) is 4.79 Å². The van der Waals surface area contributed by atoms with Crippen LogP contribution < -0.4 is 5.73 Å². The summed E-state index contributed by atoms with van der Waals surface area (Å²) in [6.07, 6.45) is 0.757. The number of hydrogen-bond donors (Lipinski definition) is 2. The molecule has 74 valence electrons. The second kappa shape index (κ2) is 6.22. The van der Waals surface area contributed by atoms with Gasteiger partial charge < -0.3 is 15.6 Å². The molecule has 0 saturated heterocycles. The lowest BCUT2D eigenvalue weighted by Gasteiger charge is -2.18. The zero-order valence-corrected chi connectivity index (χ0v) is 8.19. The Hall–Kier alpha value is -0.320. The fourth-order valence-electron chi connectivity index (χ4n) is 0.424. The van der Waals surface area contributed by atoms with Gasteiger partial charge in [0.1, 0.15) is 5.54 Å². The van der Waals surface area contributed by atoms with Crippen molar-refractivity contribution in [2.45, 2.75) is 25.8 Å². The van der Waals surface area contributed by atoms with Crippen LogP contribution >= 0.6 is 12.4 Å². The number of carbonyl (C=O) groups excluding carboxylic acids is 1. The third-order valence-electron chi connectivity index (χ3n) is 1.23. The minimum absolute atomic E-state index is 0. The van der Waals surface area contributed by atoms with E-state index in [2.05, 4.69) is 0 Å². The zero-order chi connectivity index (χ0) is 8.91. The van der Waals surface area contributed by atoms with E-state index in [1.165, 1.54) is 6.92 Å². The van der Waals surface area contributed by atoms with Crippen molar-refractivity contribution in [1.82, 2.24) is 0 Å². The van der Waals surface area contributed by atoms with E-state index in [0.717, 1.165) is 6.42 Å². The van der Waals surface area contributed by atoms with Crippen molar-refractivity contribution in [2.75, 3.05) is 13.2 Å². The van der Waals surface area contributed by atoms with Crippen LogP contribution in [0.25, 0.3) is 0 Å². The summed E-state index contributed by atoms with van der Waals surface area (Å²) >= 11 is 0. The summed E-state index contributed by atoms with van der Waals surface area (Å²) in [4.78, 5) is 10.9. The minimum Gasteiger partial charge on any atom is -0.464 e. The molecule has 0 aliphatic rings. The van der Waals surface area contributed by atoms with Crippen LogP contribution in [0.3, 0.4) is 0 Å². The fraction of sp³-hybridized carbons (Fsp3) is 0.857. The molecular formula is C7H16ClNO3. The van der Waals surface area contributed by atoms with E-state index in [1.54, 1.807) is 0 Å². The molecule has 0 aliphatic heterocycles. The molecule has 0 aliphatic carbocycles. The molecule has 0 aromatic heterocycles. The van der Waals surface area contributed by atoms with Crippen LogP contribution in [-0.4, -0.2) is 29.8 Å². The van der Waals surface area contributed by atoms with Gasteiger partial charge in [-0.1, -0.05) is 6.92 Å². The number of aliphatic hydroxyl groups is 1. The van der Waals surface area contributed by atoms with Crippen molar-refractivity contribution in [3.8, 4) is 0 Å². The maximum absolute atomic E-state index is 10.9. The Morgan fingerprint density at radius 1 is 1.67 bits per heavy atom. The first kappa shape index (κ1) is 14.2. The first-order valence-corrected chi connectivity index (χ1v) is 3.61. The number of carbonyl (C=O) groups is 1. The van der Waals surface area contributed by atoms with Crippen molar-refractivity contribution in [1.29, 1.82) is 0 Å². The summed E-state index contributed by atoms with van der Waals surface area (Å²) in [5.41, 5.74) is 4.12. The molecular weight excluding hydrogens is 182 g/mol. The second-order valence-corrected chi connectivity index (χ2v) is 2.71. The third kappa shape index (κ3) is 4.54. The smallest absolute Gasteiger partial charge is 0.328 e. The normalized spacial score (nSPS) is 14.3. The molecule has 0 bridgehead atoms. The van der Waals surface area contributed by atoms with Crippen LogP contribution in [0.2, 0.25) is 0 Å². The number of rotatable bonds is 4. The maximum atomic E-state index is 10.9. The molecule has 0 saturated carbocycles. The van der Waals surface area contributed by atoms with Crippen molar-refractivity contribution in [3.63, 3.8) is 0 Å². The Kier molecular flexibility index (Phi) is 7.37. The Balaban J connectivity index is 0. The molecule has 3 N–H and O–H groups in total. The molecule has 4 nitrogen and oxygen atoms in total. The topological polar surface area (TPSA) is 72.5 Å². The molecule has 0 aromatic carbocycles. The van der Waals surface area contributed by atoms with Gasteiger partial charge in [0.15, 0.2) is 0 Å². The summed E-state index contributed by atoms with van der Waals surface area (Å²) in [6.45, 7) is 3.28. The highest BCUT2D eigenvalue weighted by atomic mass is 35.5. The van der Waals surface area contributed by atoms with Gasteiger partial charge in [0.25, 0.3) is 0 Å². The summed E-state index contributed by atoms with van der Waals surface area (Å²) in [6, 6.07) is 0. The van der Waals surface area contributed by atoms with E-state index in [-0.39, 0.29) is 12.4 Å². The summed E-state index contributed by atoms with van der Waals surface area (Å²) in [5.74, 6) is -0.554. The Morgan fingerprint density at radius 2 is 2.17 bits per heavy atom. The van der Waals surface area contributed by atoms with Crippen LogP contribution in [-0.2, 0) is 9.53 Å². The summed E-state index contributed by atoms with van der Waals surface area (Å²) < 4.78 is 4.72. The van der Waals surface area contributed by atoms with Gasteiger partial charge in [-0.3, -0.25) is 0 Å². The number of nitrogens with two attached hydrogens (primary N) is 1. The van der Waals surface area contributed by atoms with Crippen LogP contribution in [0.4, 0.5) is 0 Å². The van der Waals surface area contributed by atoms with E-state index in [9.17, 15) is 4.79 Å². The van der Waals surface area contributed by atoms with E-state index in [1.807, 2.05) is 6.92 Å². The lowest BCUT2D eigenvalue weighted by atomic mass is 10.1. The predicted octanol–water partition coefficient (Wildman–Crippen LogP) is 0.0711. The van der Waals surface area contributed by atoms with E-state index in [0.29, 0.717) is 6.61 Å². The lowest BCUT2D eigenvalue weighted by molar-refractivity contribution is -0.150. The molecule has 0 spiro atoms. The Bertz CT molecular complexity index is 139. The van der Waals surface area contributed by atoms with Gasteiger partial charge in [-0.2, -0.15) is 0 Å². The molecule has 0 rings (SSSR count). The monoisotopic (exact) mass is 197 g/mol. The first-order valence-electron chi connectivity index (χ1n) is 3.61. The second-order valence-electron chi connectivity index (χ2n) is 2.71. The quantitative estimate of drug-likeness (QED) is 0.626. The highest BCUT2D eigenvalue weighted by molar-refractivity contribution is 5.85. The molecule has 5 heteroatoms. The van der Waals surface area contributed by atoms with Gasteiger partial charge in [0.2, 0.25) is 0 Å². The average molecular weight is 198 g/mol. The summed E-state index contributed by atoms with van der Waals surface area (Å²) in [5, 5.41) is 8.64. The Morgan fingerprint density at radius 3 is 2.50 bits per heavy atom. The van der Waals surface area contributed by atoms with Crippen LogP contribution in [0, 0.1) is 0 Å². The highest BCUT2D eigenvalue weighted by Gasteiger charge is 2.28. The fourth-order valence-corrected chi connectivity index (χ4v) is 0.424. The molecule has 0 aromatic rings. The molecule has 0 unspecified atom stereocenters. The SMILES string of the molecule is CCCOC(=O)[C@@](C)(N)CO.Cl. The van der Waals surface area contributed by atoms with Gasteiger partial charge in [0.05, 0.1) is 13.2 Å². The van der Waals surface area contributed by atoms with Gasteiger partial charge >= 0.3 is 5.97 Å². The zero-order valence-electron chi connectivity index (χ0n) is 7.37. The standard InChI is InChI=1S/C7H15NO3.ClH/c1-3-4-11-6(10)7(2,8)5-9;/h9H,3-5,8H2,1-2H3;1H/t7-;/m0./s1. The summed E-state index contributed by atoms with van der Waals surface area (Å²) in [7, 11) is 0. The van der Waals surface area contributed by atoms with Gasteiger partial charge in [-0.15, -0.1) is 12.4 Å². The third-order valence-corrected chi connectivity index (χ3v) is 1.23. The number of esters is 1. The Labute approximate surface area is 78.5 Å². The predicted molar refractivity (Wildman–Crippen MR) is 48.2 cm³/mol. The number of aliphatic hydroxyl groups excluding tert-OH is 1. The minimum atomic E-state index is -1.25. The van der Waals surface area contributed by atoms with Crippen molar-refractivity contribution in [3.05, 3.63) is 0 Å². The average Bonchev–Trinajstić information content (AvgIpc) is 2.00. The molecule has 1 atom stereocenters. The number of halogens is 1. The number of hydrogen-bond acceptors (Lipinski definition) is 4. The first-order chi connectivity index (χ1) is 5.04. The maximum Gasteiger partial charge on any atom is 0.328 e. The van der Waals surface area contributed by atoms with Gasteiger partial charge in [0, 0.05) is 0 Å². The van der Waals surface area contributed by atoms with E-state index >= 15 is 0 Å². The molecule has 0 radical (unpaired) electrons. The molecule has 0 heterocycles. The van der Waals surface area contributed by atoms with Crippen molar-refractivity contribution < 1.29 is 14.6 Å². The van der Waals surface area contributed by atoms with Crippen molar-refractivity contribution >= 4 is 18.4 Å². The van der Waals surface area contributed by atoms with E-state index < -0.39 is 18.1 Å². The molecule has 0 fully saturated rings. The van der Waals surface area contributed by atoms with Crippen LogP contribution in [0.5, 0.6) is 0 Å². The largest absolute Gasteiger partial charge is 0.464 e. The molecule has 0 amide bonds. The van der Waals surface area contributed by atoms with E-state index in [4.69, 9.17) is 15.6 Å². The number of ether oxygens (including phenoxy) is 1. The highest BCUT2D eigenvalue weighted by Crippen LogP contribution is 2.00. The van der Waals surface area contributed by atoms with Crippen LogP contribution in [0.15, 0.2) is 0 Å². The molecule has 12 heavy (non-hydrogen) atoms. The lowest BCUT2D eigenvalue weighted by Crippen LogP contribution is -2.49. The van der Waals surface area contributed by atoms with Crippen molar-refractivity contribution in [2.24, 2.45) is 5.73 Å².